The second kappa shape index (κ2) is 6.12. The van der Waals surface area contributed by atoms with Gasteiger partial charge in [0.05, 0.1) is 19.7 Å². The van der Waals surface area contributed by atoms with E-state index in [0.717, 1.165) is 35.4 Å². The van der Waals surface area contributed by atoms with E-state index in [1.165, 1.54) is 11.1 Å². The topological polar surface area (TPSA) is 73.5 Å². The first kappa shape index (κ1) is 15.5. The zero-order chi connectivity index (χ0) is 17.4. The molecule has 1 aliphatic heterocycles. The van der Waals surface area contributed by atoms with E-state index in [2.05, 4.69) is 20.9 Å². The molecule has 0 amide bonds. The Morgan fingerprint density at radius 2 is 1.72 bits per heavy atom. The van der Waals surface area contributed by atoms with Crippen molar-refractivity contribution in [3.05, 3.63) is 47.5 Å². The molecular formula is C19H20N4O2. The smallest absolute Gasteiger partial charge is 0.228 e. The van der Waals surface area contributed by atoms with E-state index in [1.54, 1.807) is 14.2 Å². The molecule has 0 radical (unpaired) electrons. The minimum Gasteiger partial charge on any atom is -0.493 e. The highest BCUT2D eigenvalue weighted by atomic mass is 16.5. The predicted octanol–water partition coefficient (Wildman–Crippen LogP) is 2.79. The van der Waals surface area contributed by atoms with Gasteiger partial charge in [0.25, 0.3) is 0 Å². The van der Waals surface area contributed by atoms with Gasteiger partial charge in [0, 0.05) is 18.5 Å². The van der Waals surface area contributed by atoms with Crippen LogP contribution in [0.4, 0.5) is 11.8 Å². The molecule has 128 valence electrons. The quantitative estimate of drug-likeness (QED) is 0.793. The highest BCUT2D eigenvalue weighted by molar-refractivity contribution is 5.88. The lowest BCUT2D eigenvalue weighted by Crippen LogP contribution is -2.32. The van der Waals surface area contributed by atoms with Crippen molar-refractivity contribution < 1.29 is 9.47 Å². The van der Waals surface area contributed by atoms with Crippen molar-refractivity contribution >= 4 is 22.7 Å². The van der Waals surface area contributed by atoms with Crippen molar-refractivity contribution in [1.29, 1.82) is 0 Å². The molecule has 0 fully saturated rings. The number of nitrogens with zero attached hydrogens (tertiary/aromatic N) is 3. The Balaban J connectivity index is 1.70. The summed E-state index contributed by atoms with van der Waals surface area (Å²) >= 11 is 0. The molecule has 0 unspecified atom stereocenters. The summed E-state index contributed by atoms with van der Waals surface area (Å²) in [4.78, 5) is 11.3. The number of methoxy groups -OCH3 is 2. The zero-order valence-corrected chi connectivity index (χ0v) is 14.3. The number of aromatic nitrogens is 2. The van der Waals surface area contributed by atoms with Gasteiger partial charge in [-0.15, -0.1) is 0 Å². The molecule has 3 aromatic rings. The molecular weight excluding hydrogens is 316 g/mol. The normalized spacial score (nSPS) is 13.6. The van der Waals surface area contributed by atoms with E-state index >= 15 is 0 Å². The summed E-state index contributed by atoms with van der Waals surface area (Å²) in [5, 5.41) is 0.884. The minimum absolute atomic E-state index is 0.513. The Kier molecular flexibility index (Phi) is 3.80. The first-order chi connectivity index (χ1) is 12.2. The molecule has 6 nitrogen and oxygen atoms in total. The van der Waals surface area contributed by atoms with Gasteiger partial charge in [-0.2, -0.15) is 4.98 Å². The third kappa shape index (κ3) is 2.69. The number of fused-ring (bicyclic) bond motifs is 2. The van der Waals surface area contributed by atoms with Crippen molar-refractivity contribution in [2.45, 2.75) is 13.0 Å². The van der Waals surface area contributed by atoms with Crippen LogP contribution in [0.2, 0.25) is 0 Å². The van der Waals surface area contributed by atoms with E-state index in [4.69, 9.17) is 15.2 Å². The van der Waals surface area contributed by atoms with Crippen molar-refractivity contribution in [2.24, 2.45) is 0 Å². The lowest BCUT2D eigenvalue weighted by Gasteiger charge is -2.29. The summed E-state index contributed by atoms with van der Waals surface area (Å²) in [6.45, 7) is 1.55. The first-order valence-electron chi connectivity index (χ1n) is 8.20. The molecule has 0 bridgehead atoms. The number of para-hydroxylation sites is 1. The highest BCUT2D eigenvalue weighted by Crippen LogP contribution is 2.34. The number of anilines is 2. The molecule has 2 N–H and O–H groups in total. The van der Waals surface area contributed by atoms with Crippen LogP contribution in [0.15, 0.2) is 36.4 Å². The van der Waals surface area contributed by atoms with Gasteiger partial charge in [-0.1, -0.05) is 12.1 Å². The van der Waals surface area contributed by atoms with Crippen LogP contribution in [0.1, 0.15) is 11.1 Å². The van der Waals surface area contributed by atoms with E-state index < -0.39 is 0 Å². The second-order valence-electron chi connectivity index (χ2n) is 6.07. The summed E-state index contributed by atoms with van der Waals surface area (Å²) in [6, 6.07) is 11.9. The monoisotopic (exact) mass is 336 g/mol. The lowest BCUT2D eigenvalue weighted by atomic mass is 9.99. The molecule has 25 heavy (non-hydrogen) atoms. The fourth-order valence-electron chi connectivity index (χ4n) is 3.28. The number of hydrogen-bond donors (Lipinski definition) is 1. The summed E-state index contributed by atoms with van der Waals surface area (Å²) in [6.07, 6.45) is 0.895. The molecule has 2 aromatic carbocycles. The van der Waals surface area contributed by atoms with Crippen LogP contribution in [0.25, 0.3) is 10.9 Å². The fourth-order valence-corrected chi connectivity index (χ4v) is 3.28. The van der Waals surface area contributed by atoms with Gasteiger partial charge >= 0.3 is 0 Å². The molecule has 0 saturated carbocycles. The molecule has 4 rings (SSSR count). The molecule has 1 aromatic heterocycles. The number of rotatable bonds is 3. The fraction of sp³-hybridized carbons (Fsp3) is 0.263. The maximum Gasteiger partial charge on any atom is 0.228 e. The number of benzene rings is 2. The SMILES string of the molecule is COc1cc2c(cc1OC)CN(c1nc(N)c3ccccc3n1)CC2. The first-order valence-corrected chi connectivity index (χ1v) is 8.20. The Bertz CT molecular complexity index is 942. The summed E-state index contributed by atoms with van der Waals surface area (Å²) in [7, 11) is 3.31. The van der Waals surface area contributed by atoms with Gasteiger partial charge in [-0.25, -0.2) is 4.98 Å². The van der Waals surface area contributed by atoms with Crippen LogP contribution in [-0.4, -0.2) is 30.7 Å². The van der Waals surface area contributed by atoms with Gasteiger partial charge in [0.15, 0.2) is 11.5 Å². The summed E-state index contributed by atoms with van der Waals surface area (Å²) < 4.78 is 10.8. The average Bonchev–Trinajstić information content (AvgIpc) is 2.66. The number of nitrogen functional groups attached to an aromatic ring is 1. The van der Waals surface area contributed by atoms with Crippen LogP contribution in [-0.2, 0) is 13.0 Å². The van der Waals surface area contributed by atoms with E-state index in [9.17, 15) is 0 Å². The van der Waals surface area contributed by atoms with Crippen molar-refractivity contribution in [1.82, 2.24) is 9.97 Å². The Hall–Kier alpha value is -3.02. The van der Waals surface area contributed by atoms with Crippen molar-refractivity contribution in [3.63, 3.8) is 0 Å². The number of hydrogen-bond acceptors (Lipinski definition) is 6. The van der Waals surface area contributed by atoms with Gasteiger partial charge in [0.1, 0.15) is 5.82 Å². The van der Waals surface area contributed by atoms with Crippen LogP contribution < -0.4 is 20.1 Å². The molecule has 0 spiro atoms. The molecule has 6 heteroatoms. The maximum atomic E-state index is 6.13. The number of nitrogens with two attached hydrogens (primary N) is 1. The van der Waals surface area contributed by atoms with Crippen LogP contribution in [0, 0.1) is 0 Å². The van der Waals surface area contributed by atoms with Crippen LogP contribution in [0.3, 0.4) is 0 Å². The Labute approximate surface area is 146 Å². The van der Waals surface area contributed by atoms with Gasteiger partial charge < -0.3 is 20.1 Å². The average molecular weight is 336 g/mol. The van der Waals surface area contributed by atoms with Crippen molar-refractivity contribution in [3.8, 4) is 11.5 Å². The lowest BCUT2D eigenvalue weighted by molar-refractivity contribution is 0.353. The summed E-state index contributed by atoms with van der Waals surface area (Å²) in [5.41, 5.74) is 9.45. The van der Waals surface area contributed by atoms with E-state index in [-0.39, 0.29) is 0 Å². The third-order valence-corrected chi connectivity index (χ3v) is 4.62. The minimum atomic E-state index is 0.513. The molecule has 0 aliphatic carbocycles. The van der Waals surface area contributed by atoms with E-state index in [0.29, 0.717) is 18.3 Å². The largest absolute Gasteiger partial charge is 0.493 e. The Morgan fingerprint density at radius 1 is 1.00 bits per heavy atom. The van der Waals surface area contributed by atoms with Crippen molar-refractivity contribution in [2.75, 3.05) is 31.4 Å². The van der Waals surface area contributed by atoms with Crippen LogP contribution in [0.5, 0.6) is 11.5 Å². The predicted molar refractivity (Wildman–Crippen MR) is 98.3 cm³/mol. The van der Waals surface area contributed by atoms with Gasteiger partial charge in [-0.3, -0.25) is 0 Å². The third-order valence-electron chi connectivity index (χ3n) is 4.62. The van der Waals surface area contributed by atoms with Crippen LogP contribution >= 0.6 is 0 Å². The molecule has 0 atom stereocenters. The zero-order valence-electron chi connectivity index (χ0n) is 14.3. The van der Waals surface area contributed by atoms with E-state index in [1.807, 2.05) is 30.3 Å². The Morgan fingerprint density at radius 3 is 2.48 bits per heavy atom. The summed E-state index contributed by atoms with van der Waals surface area (Å²) in [5.74, 6) is 2.68. The highest BCUT2D eigenvalue weighted by Gasteiger charge is 2.22. The molecule has 2 heterocycles. The molecule has 0 saturated heterocycles. The molecule has 1 aliphatic rings. The second-order valence-corrected chi connectivity index (χ2v) is 6.07. The standard InChI is InChI=1S/C19H20N4O2/c1-24-16-9-12-7-8-23(11-13(12)10-17(16)25-2)19-21-15-6-4-3-5-14(15)18(20)22-19/h3-6,9-10H,7-8,11H2,1-2H3,(H2,20,21,22). The number of ether oxygens (including phenoxy) is 2. The van der Waals surface area contributed by atoms with Gasteiger partial charge in [0.2, 0.25) is 5.95 Å². The van der Waals surface area contributed by atoms with Gasteiger partial charge in [-0.05, 0) is 41.8 Å². The maximum absolute atomic E-state index is 6.13.